The Morgan fingerprint density at radius 1 is 1.25 bits per heavy atom. The average Bonchev–Trinajstić information content (AvgIpc) is 3.08. The quantitative estimate of drug-likeness (QED) is 0.514. The van der Waals surface area contributed by atoms with E-state index in [0.29, 0.717) is 16.9 Å². The number of aromatic nitrogens is 2. The van der Waals surface area contributed by atoms with Gasteiger partial charge in [-0.25, -0.2) is 9.78 Å². The molecule has 7 nitrogen and oxygen atoms in total. The Labute approximate surface area is 159 Å². The lowest BCUT2D eigenvalue weighted by Crippen LogP contribution is -2.44. The molecular formula is C21H18N2O5. The minimum Gasteiger partial charge on any atom is -0.458 e. The summed E-state index contributed by atoms with van der Waals surface area (Å²) in [4.78, 5) is 30.1. The molecule has 4 heterocycles. The van der Waals surface area contributed by atoms with Gasteiger partial charge in [0.1, 0.15) is 6.61 Å². The number of pyridine rings is 2. The molecule has 0 fully saturated rings. The van der Waals surface area contributed by atoms with Crippen molar-refractivity contribution in [1.29, 1.82) is 0 Å². The highest BCUT2D eigenvalue weighted by Gasteiger charge is 2.45. The van der Waals surface area contributed by atoms with Crippen LogP contribution in [0.3, 0.4) is 0 Å². The standard InChI is InChI=1S/C21H18N2O5/c1-2-21(27)15-7-17-18-12(8-23(17)19(25)14(15)10-28-20(21)26)13(9-24)11-5-3-4-6-16(11)22-18/h3-7,24,27H,2,8-10H2,1H3. The number of hydrogen-bond acceptors (Lipinski definition) is 6. The van der Waals surface area contributed by atoms with E-state index in [4.69, 9.17) is 9.72 Å². The van der Waals surface area contributed by atoms with Crippen LogP contribution in [0.2, 0.25) is 0 Å². The monoisotopic (exact) mass is 378 g/mol. The number of carbonyl (C=O) groups is 1. The zero-order valence-corrected chi connectivity index (χ0v) is 15.2. The maximum Gasteiger partial charge on any atom is 0.343 e. The van der Waals surface area contributed by atoms with Crippen molar-refractivity contribution < 1.29 is 19.7 Å². The number of ether oxygens (including phenoxy) is 1. The fourth-order valence-electron chi connectivity index (χ4n) is 4.29. The number of aliphatic hydroxyl groups excluding tert-OH is 1. The molecule has 1 atom stereocenters. The van der Waals surface area contributed by atoms with Crippen LogP contribution in [0, 0.1) is 0 Å². The van der Waals surface area contributed by atoms with Crippen LogP contribution in [0.1, 0.15) is 35.6 Å². The first-order chi connectivity index (χ1) is 13.5. The molecule has 0 spiro atoms. The fraction of sp³-hybridized carbons (Fsp3) is 0.286. The Morgan fingerprint density at radius 3 is 2.79 bits per heavy atom. The minimum atomic E-state index is -1.85. The highest BCUT2D eigenvalue weighted by atomic mass is 16.6. The van der Waals surface area contributed by atoms with E-state index in [2.05, 4.69) is 0 Å². The molecule has 7 heteroatoms. The van der Waals surface area contributed by atoms with Crippen molar-refractivity contribution in [3.05, 3.63) is 62.9 Å². The molecule has 2 N–H and O–H groups in total. The number of carbonyl (C=O) groups excluding carboxylic acids is 1. The Hall–Kier alpha value is -3.03. The van der Waals surface area contributed by atoms with E-state index in [1.54, 1.807) is 17.6 Å². The van der Waals surface area contributed by atoms with Crippen molar-refractivity contribution in [3.8, 4) is 11.4 Å². The molecule has 0 saturated carbocycles. The predicted octanol–water partition coefficient (Wildman–Crippen LogP) is 1.57. The number of benzene rings is 1. The van der Waals surface area contributed by atoms with Crippen LogP contribution in [0.25, 0.3) is 22.3 Å². The summed E-state index contributed by atoms with van der Waals surface area (Å²) in [5.74, 6) is -0.743. The minimum absolute atomic E-state index is 0.0988. The van der Waals surface area contributed by atoms with Gasteiger partial charge in [-0.1, -0.05) is 25.1 Å². The summed E-state index contributed by atoms with van der Waals surface area (Å²) >= 11 is 0. The summed E-state index contributed by atoms with van der Waals surface area (Å²) in [5.41, 5.74) is 1.80. The van der Waals surface area contributed by atoms with Crippen LogP contribution in [-0.4, -0.2) is 25.7 Å². The van der Waals surface area contributed by atoms with Gasteiger partial charge in [-0.15, -0.1) is 0 Å². The SMILES string of the molecule is CCC1(O)C(=O)OCc2c1cc1n(c2=O)Cc2c-1nc1ccccc1c2CO. The number of rotatable bonds is 2. The van der Waals surface area contributed by atoms with Gasteiger partial charge in [0.05, 0.1) is 35.6 Å². The molecule has 1 aromatic carbocycles. The molecule has 2 aromatic heterocycles. The number of cyclic esters (lactones) is 1. The molecular weight excluding hydrogens is 360 g/mol. The predicted molar refractivity (Wildman–Crippen MR) is 100 cm³/mol. The van der Waals surface area contributed by atoms with Crippen LogP contribution in [0.5, 0.6) is 0 Å². The van der Waals surface area contributed by atoms with E-state index in [1.165, 1.54) is 0 Å². The van der Waals surface area contributed by atoms with Gasteiger partial charge in [0.25, 0.3) is 5.56 Å². The first kappa shape index (κ1) is 17.1. The maximum absolute atomic E-state index is 13.1. The zero-order chi connectivity index (χ0) is 19.6. The third-order valence-corrected chi connectivity index (χ3v) is 5.87. The molecule has 0 amide bonds. The van der Waals surface area contributed by atoms with E-state index in [9.17, 15) is 19.8 Å². The number of esters is 1. The van der Waals surface area contributed by atoms with E-state index < -0.39 is 11.6 Å². The lowest BCUT2D eigenvalue weighted by Gasteiger charge is -2.31. The van der Waals surface area contributed by atoms with Crippen LogP contribution in [-0.2, 0) is 34.9 Å². The van der Waals surface area contributed by atoms with Crippen LogP contribution in [0.15, 0.2) is 35.1 Å². The molecule has 0 bridgehead atoms. The molecule has 0 radical (unpaired) electrons. The van der Waals surface area contributed by atoms with E-state index in [0.717, 1.165) is 16.5 Å². The lowest BCUT2D eigenvalue weighted by atomic mass is 9.86. The third kappa shape index (κ3) is 2.03. The Kier molecular flexibility index (Phi) is 3.50. The number of hydrogen-bond donors (Lipinski definition) is 2. The highest BCUT2D eigenvalue weighted by Crippen LogP contribution is 2.40. The van der Waals surface area contributed by atoms with Crippen molar-refractivity contribution in [2.45, 2.75) is 38.7 Å². The van der Waals surface area contributed by atoms with E-state index in [1.807, 2.05) is 24.3 Å². The number of nitrogens with zero attached hydrogens (tertiary/aromatic N) is 2. The topological polar surface area (TPSA) is 102 Å². The molecule has 0 saturated heterocycles. The van der Waals surface area contributed by atoms with Gasteiger partial charge in [0.2, 0.25) is 0 Å². The first-order valence-electron chi connectivity index (χ1n) is 9.18. The summed E-state index contributed by atoms with van der Waals surface area (Å²) in [6, 6.07) is 9.17. The number of para-hydroxylation sites is 1. The van der Waals surface area contributed by atoms with Gasteiger partial charge in [0, 0.05) is 16.5 Å². The summed E-state index contributed by atoms with van der Waals surface area (Å²) < 4.78 is 6.65. The van der Waals surface area contributed by atoms with Gasteiger partial charge in [-0.05, 0) is 24.1 Å². The Bertz CT molecular complexity index is 1230. The van der Waals surface area contributed by atoms with Crippen molar-refractivity contribution in [2.24, 2.45) is 0 Å². The zero-order valence-electron chi connectivity index (χ0n) is 15.2. The van der Waals surface area contributed by atoms with Gasteiger partial charge in [-0.3, -0.25) is 4.79 Å². The summed E-state index contributed by atoms with van der Waals surface area (Å²) in [7, 11) is 0. The highest BCUT2D eigenvalue weighted by molar-refractivity contribution is 5.88. The average molecular weight is 378 g/mol. The van der Waals surface area contributed by atoms with Gasteiger partial charge < -0.3 is 19.5 Å². The van der Waals surface area contributed by atoms with Gasteiger partial charge in [0.15, 0.2) is 5.60 Å². The largest absolute Gasteiger partial charge is 0.458 e. The Balaban J connectivity index is 1.84. The lowest BCUT2D eigenvalue weighted by molar-refractivity contribution is -0.172. The number of aliphatic hydroxyl groups is 2. The molecule has 142 valence electrons. The van der Waals surface area contributed by atoms with Crippen LogP contribution >= 0.6 is 0 Å². The second kappa shape index (κ2) is 5.73. The van der Waals surface area contributed by atoms with Crippen molar-refractivity contribution >= 4 is 16.9 Å². The van der Waals surface area contributed by atoms with Gasteiger partial charge >= 0.3 is 5.97 Å². The second-order valence-electron chi connectivity index (χ2n) is 7.20. The summed E-state index contributed by atoms with van der Waals surface area (Å²) in [6.07, 6.45) is 0.0988. The van der Waals surface area contributed by atoms with Crippen molar-refractivity contribution in [1.82, 2.24) is 9.55 Å². The number of fused-ring (bicyclic) bond motifs is 5. The van der Waals surface area contributed by atoms with Crippen LogP contribution < -0.4 is 5.56 Å². The van der Waals surface area contributed by atoms with Crippen molar-refractivity contribution in [3.63, 3.8) is 0 Å². The van der Waals surface area contributed by atoms with Crippen LogP contribution in [0.4, 0.5) is 0 Å². The van der Waals surface area contributed by atoms with E-state index >= 15 is 0 Å². The molecule has 0 aliphatic carbocycles. The normalized spacial score (nSPS) is 19.9. The molecule has 5 rings (SSSR count). The summed E-state index contributed by atoms with van der Waals surface area (Å²) in [5, 5.41) is 21.7. The molecule has 28 heavy (non-hydrogen) atoms. The third-order valence-electron chi connectivity index (χ3n) is 5.87. The molecule has 3 aromatic rings. The maximum atomic E-state index is 13.1. The van der Waals surface area contributed by atoms with E-state index in [-0.39, 0.29) is 42.9 Å². The molecule has 2 aliphatic heterocycles. The second-order valence-corrected chi connectivity index (χ2v) is 7.20. The summed E-state index contributed by atoms with van der Waals surface area (Å²) in [6.45, 7) is 1.62. The molecule has 1 unspecified atom stereocenters. The Morgan fingerprint density at radius 2 is 2.04 bits per heavy atom. The van der Waals surface area contributed by atoms with Crippen molar-refractivity contribution in [2.75, 3.05) is 0 Å². The van der Waals surface area contributed by atoms with Gasteiger partial charge in [-0.2, -0.15) is 0 Å². The smallest absolute Gasteiger partial charge is 0.343 e. The molecule has 2 aliphatic rings. The fourth-order valence-corrected chi connectivity index (χ4v) is 4.29. The first-order valence-corrected chi connectivity index (χ1v) is 9.18.